The normalized spacial score (nSPS) is 18.8. The molecular formula is C19H18Cl3F4N2O4+. The van der Waals surface area contributed by atoms with Crippen LogP contribution in [0.1, 0.15) is 26.3 Å². The van der Waals surface area contributed by atoms with Crippen LogP contribution in [-0.4, -0.2) is 42.2 Å². The number of carbonyl (C=O) groups excluding carboxylic acids is 2. The molecule has 1 N–H and O–H groups in total. The summed E-state index contributed by atoms with van der Waals surface area (Å²) in [5.74, 6) is -2.88. The zero-order valence-corrected chi connectivity index (χ0v) is 19.3. The van der Waals surface area contributed by atoms with Gasteiger partial charge in [-0.1, -0.05) is 23.2 Å². The fourth-order valence-corrected chi connectivity index (χ4v) is 4.37. The third-order valence-corrected chi connectivity index (χ3v) is 5.72. The number of hydrogen-bond acceptors (Lipinski definition) is 4. The molecule has 1 aromatic carbocycles. The van der Waals surface area contributed by atoms with Gasteiger partial charge in [0.1, 0.15) is 10.8 Å². The number of hydroxylamine groups is 1. The van der Waals surface area contributed by atoms with Crippen LogP contribution in [0.15, 0.2) is 28.0 Å². The molecule has 1 heterocycles. The van der Waals surface area contributed by atoms with Gasteiger partial charge in [0.2, 0.25) is 16.8 Å². The van der Waals surface area contributed by atoms with Crippen molar-refractivity contribution in [3.8, 4) is 5.75 Å². The Morgan fingerprint density at radius 2 is 1.78 bits per heavy atom. The highest BCUT2D eigenvalue weighted by atomic mass is 35.5. The second-order valence-corrected chi connectivity index (χ2v) is 7.74. The second kappa shape index (κ2) is 9.86. The number of likely N-dealkylation sites (N-methyl/N-ethyl adjacent to an activating group) is 1. The van der Waals surface area contributed by atoms with Crippen LogP contribution in [0, 0.1) is 5.82 Å². The predicted molar refractivity (Wildman–Crippen MR) is 110 cm³/mol. The minimum absolute atomic E-state index is 0.0643. The summed E-state index contributed by atoms with van der Waals surface area (Å²) in [5, 5.41) is -1.70. The number of nitrogens with one attached hydrogen (secondary N) is 1. The first-order valence-corrected chi connectivity index (χ1v) is 10.3. The maximum Gasteiger partial charge on any atom is 0.469 e. The van der Waals surface area contributed by atoms with E-state index in [1.807, 2.05) is 5.48 Å². The van der Waals surface area contributed by atoms with Gasteiger partial charge in [-0.3, -0.25) is 4.79 Å². The fourth-order valence-electron chi connectivity index (χ4n) is 3.22. The molecule has 0 radical (unpaired) electrons. The van der Waals surface area contributed by atoms with Crippen LogP contribution >= 0.6 is 34.8 Å². The molecule has 6 nitrogen and oxygen atoms in total. The van der Waals surface area contributed by atoms with Gasteiger partial charge >= 0.3 is 12.1 Å². The Labute approximate surface area is 195 Å². The lowest BCUT2D eigenvalue weighted by atomic mass is 10.1. The van der Waals surface area contributed by atoms with Crippen LogP contribution in [0.25, 0.3) is 5.57 Å². The molecule has 0 saturated carbocycles. The molecule has 1 aliphatic rings. The average Bonchev–Trinajstić information content (AvgIpc) is 2.88. The molecule has 1 atom stereocenters. The van der Waals surface area contributed by atoms with E-state index in [9.17, 15) is 27.2 Å². The minimum atomic E-state index is -5.01. The van der Waals surface area contributed by atoms with Crippen molar-refractivity contribution in [3.63, 3.8) is 0 Å². The third kappa shape index (κ3) is 4.98. The largest absolute Gasteiger partial charge is 0.469 e. The van der Waals surface area contributed by atoms with Crippen molar-refractivity contribution in [3.05, 3.63) is 44.4 Å². The Kier molecular flexibility index (Phi) is 8.09. The number of nitrogens with zero attached hydrogens (tertiary/aromatic N) is 1. The molecule has 0 saturated heterocycles. The number of rotatable bonds is 7. The van der Waals surface area contributed by atoms with Crippen LogP contribution < -0.4 is 10.3 Å². The number of amides is 1. The van der Waals surface area contributed by atoms with Gasteiger partial charge in [-0.2, -0.15) is 18.7 Å². The first kappa shape index (κ1) is 26.2. The number of quaternary nitrogens is 1. The average molecular weight is 521 g/mol. The maximum absolute atomic E-state index is 14.8. The molecule has 176 valence electrons. The van der Waals surface area contributed by atoms with Gasteiger partial charge in [0.05, 0.1) is 23.7 Å². The molecule has 0 aromatic heterocycles. The summed E-state index contributed by atoms with van der Waals surface area (Å²) >= 11 is 18.4. The molecule has 0 bridgehead atoms. The number of esters is 1. The lowest BCUT2D eigenvalue weighted by molar-refractivity contribution is -0.845. The van der Waals surface area contributed by atoms with Gasteiger partial charge in [0, 0.05) is 12.5 Å². The lowest BCUT2D eigenvalue weighted by Gasteiger charge is -2.34. The van der Waals surface area contributed by atoms with Crippen LogP contribution in [0.2, 0.25) is 5.02 Å². The zero-order valence-electron chi connectivity index (χ0n) is 17.0. The molecule has 0 aliphatic carbocycles. The Morgan fingerprint density at radius 3 is 2.28 bits per heavy atom. The molecule has 1 unspecified atom stereocenters. The molecule has 0 fully saturated rings. The van der Waals surface area contributed by atoms with Crippen molar-refractivity contribution in [2.24, 2.45) is 0 Å². The summed E-state index contributed by atoms with van der Waals surface area (Å²) in [6.45, 7) is 2.77. The second-order valence-electron chi connectivity index (χ2n) is 6.60. The van der Waals surface area contributed by atoms with Crippen molar-refractivity contribution in [2.75, 3.05) is 19.7 Å². The van der Waals surface area contributed by atoms with Crippen LogP contribution in [0.5, 0.6) is 5.75 Å². The maximum atomic E-state index is 14.8. The molecule has 0 spiro atoms. The smallest absolute Gasteiger partial charge is 0.462 e. The van der Waals surface area contributed by atoms with E-state index in [1.54, 1.807) is 0 Å². The summed E-state index contributed by atoms with van der Waals surface area (Å²) in [5.41, 5.74) is -0.322. The number of allylic oxidation sites excluding steroid dienone is 3. The highest BCUT2D eigenvalue weighted by molar-refractivity contribution is 6.42. The van der Waals surface area contributed by atoms with Crippen LogP contribution in [-0.2, 0) is 14.3 Å². The van der Waals surface area contributed by atoms with E-state index in [0.29, 0.717) is 0 Å². The topological polar surface area (TPSA) is 64.6 Å². The Balaban J connectivity index is 2.77. The van der Waals surface area contributed by atoms with E-state index >= 15 is 0 Å². The van der Waals surface area contributed by atoms with Crippen LogP contribution in [0.4, 0.5) is 17.6 Å². The first-order valence-electron chi connectivity index (χ1n) is 9.13. The Bertz CT molecular complexity index is 1010. The van der Waals surface area contributed by atoms with E-state index in [2.05, 4.69) is 0 Å². The van der Waals surface area contributed by atoms with E-state index < -0.39 is 61.9 Å². The monoisotopic (exact) mass is 519 g/mol. The first-order chi connectivity index (χ1) is 14.8. The Morgan fingerprint density at radius 1 is 1.16 bits per heavy atom. The Hall–Kier alpha value is -2.01. The zero-order chi connectivity index (χ0) is 24.4. The van der Waals surface area contributed by atoms with Gasteiger partial charge in [0.15, 0.2) is 12.3 Å². The van der Waals surface area contributed by atoms with Gasteiger partial charge in [-0.15, -0.1) is 0 Å². The van der Waals surface area contributed by atoms with E-state index in [4.69, 9.17) is 44.4 Å². The lowest BCUT2D eigenvalue weighted by Crippen LogP contribution is -2.50. The summed E-state index contributed by atoms with van der Waals surface area (Å²) in [4.78, 5) is 28.2. The number of carbonyl (C=O) groups is 2. The van der Waals surface area contributed by atoms with Crippen molar-refractivity contribution in [2.45, 2.75) is 26.9 Å². The summed E-state index contributed by atoms with van der Waals surface area (Å²) in [6, 6.07) is 1.72. The van der Waals surface area contributed by atoms with E-state index in [1.165, 1.54) is 13.8 Å². The molecule has 32 heavy (non-hydrogen) atoms. The van der Waals surface area contributed by atoms with Crippen molar-refractivity contribution in [1.29, 1.82) is 0 Å². The van der Waals surface area contributed by atoms with Gasteiger partial charge < -0.3 is 9.57 Å². The number of hydrogen-bond donors (Lipinski definition) is 1. The molecular weight excluding hydrogens is 503 g/mol. The van der Waals surface area contributed by atoms with Crippen molar-refractivity contribution in [1.82, 2.24) is 5.48 Å². The number of alkyl halides is 3. The minimum Gasteiger partial charge on any atom is -0.462 e. The predicted octanol–water partition coefficient (Wildman–Crippen LogP) is 5.24. The molecule has 1 aliphatic heterocycles. The summed E-state index contributed by atoms with van der Waals surface area (Å²) < 4.78 is 60.6. The van der Waals surface area contributed by atoms with Gasteiger partial charge in [-0.25, -0.2) is 13.7 Å². The van der Waals surface area contributed by atoms with E-state index in [0.717, 1.165) is 19.1 Å². The summed E-state index contributed by atoms with van der Waals surface area (Å²) in [7, 11) is 0. The fraction of sp³-hybridized carbons (Fsp3) is 0.368. The van der Waals surface area contributed by atoms with Crippen LogP contribution in [0.3, 0.4) is 0 Å². The van der Waals surface area contributed by atoms with Gasteiger partial charge in [-0.05, 0) is 37.6 Å². The number of benzene rings is 1. The number of halogens is 7. The summed E-state index contributed by atoms with van der Waals surface area (Å²) in [6.07, 6.45) is -5.01. The highest BCUT2D eigenvalue weighted by Crippen LogP contribution is 2.54. The number of ether oxygens (including phenoxy) is 1. The standard InChI is InChI=1S/C19H17Cl3F4N2O4/c1-4-28(8-14(30)31-5-2)17(19(24,25)26)16(21)15(18(28)22)10-6-13(32-27-9(3)29)11(20)7-12(10)23/h6-7H,4-5,8H2,1-3H3/p+1. The molecule has 1 amide bonds. The van der Waals surface area contributed by atoms with Crippen molar-refractivity contribution < 1.29 is 41.2 Å². The van der Waals surface area contributed by atoms with Crippen molar-refractivity contribution >= 4 is 52.3 Å². The third-order valence-electron chi connectivity index (χ3n) is 4.55. The highest BCUT2D eigenvalue weighted by Gasteiger charge is 2.59. The SMILES string of the molecule is CCOC(=O)C[N+]1(CC)C(Cl)=C(c2cc(ONC(C)=O)c(Cl)cc2F)C(Cl)=C1C(F)(F)F. The molecule has 2 rings (SSSR count). The molecule has 13 heteroatoms. The quantitative estimate of drug-likeness (QED) is 0.176. The van der Waals surface area contributed by atoms with E-state index in [-0.39, 0.29) is 23.9 Å². The molecule has 1 aromatic rings. The van der Waals surface area contributed by atoms with Gasteiger partial charge in [0.25, 0.3) is 0 Å².